The van der Waals surface area contributed by atoms with E-state index in [1.807, 2.05) is 0 Å². The number of methoxy groups -OCH3 is 1. The first-order valence-electron chi connectivity index (χ1n) is 6.51. The van der Waals surface area contributed by atoms with Crippen LogP contribution in [0.2, 0.25) is 0 Å². The van der Waals surface area contributed by atoms with E-state index < -0.39 is 5.92 Å². The Kier molecular flexibility index (Phi) is 4.68. The Morgan fingerprint density at radius 3 is 2.84 bits per heavy atom. The Bertz CT molecular complexity index is 467. The van der Waals surface area contributed by atoms with Crippen LogP contribution in [0.25, 0.3) is 0 Å². The van der Waals surface area contributed by atoms with Gasteiger partial charge in [0.05, 0.1) is 11.5 Å². The fourth-order valence-electron chi connectivity index (χ4n) is 2.37. The summed E-state index contributed by atoms with van der Waals surface area (Å²) in [4.78, 5) is 24.3. The van der Waals surface area contributed by atoms with Crippen LogP contribution in [-0.2, 0) is 9.53 Å². The zero-order chi connectivity index (χ0) is 13.7. The van der Waals surface area contributed by atoms with E-state index in [2.05, 4.69) is 0 Å². The zero-order valence-corrected chi connectivity index (χ0v) is 11.1. The summed E-state index contributed by atoms with van der Waals surface area (Å²) in [5.74, 6) is -0.0945. The number of hydrogen-bond donors (Lipinski definition) is 0. The maximum atomic E-state index is 12.5. The molecule has 0 bridgehead atoms. The number of carbonyl (C=O) groups is 2. The summed E-state index contributed by atoms with van der Waals surface area (Å²) < 4.78 is 10.2. The molecule has 1 aliphatic rings. The smallest absolute Gasteiger partial charge is 0.188 e. The third-order valence-corrected chi connectivity index (χ3v) is 3.36. The number of ether oxygens (including phenoxy) is 2. The predicted molar refractivity (Wildman–Crippen MR) is 70.2 cm³/mol. The molecule has 1 atom stereocenters. The Hall–Kier alpha value is -1.68. The molecule has 0 saturated heterocycles. The third kappa shape index (κ3) is 3.20. The largest absolute Gasteiger partial charge is 0.467 e. The molecule has 0 spiro atoms. The van der Waals surface area contributed by atoms with E-state index in [1.165, 1.54) is 7.11 Å². The summed E-state index contributed by atoms with van der Waals surface area (Å²) in [6.07, 6.45) is 2.99. The van der Waals surface area contributed by atoms with Gasteiger partial charge in [0.15, 0.2) is 12.6 Å². The molecule has 102 valence electrons. The Labute approximate surface area is 112 Å². The van der Waals surface area contributed by atoms with Gasteiger partial charge in [-0.1, -0.05) is 18.6 Å². The van der Waals surface area contributed by atoms with Crippen LogP contribution in [0.4, 0.5) is 0 Å². The van der Waals surface area contributed by atoms with Gasteiger partial charge in [0.2, 0.25) is 0 Å². The maximum Gasteiger partial charge on any atom is 0.188 e. The molecule has 1 aromatic rings. The number of benzene rings is 1. The van der Waals surface area contributed by atoms with E-state index in [0.29, 0.717) is 24.2 Å². The van der Waals surface area contributed by atoms with Crippen LogP contribution in [0.3, 0.4) is 0 Å². The summed E-state index contributed by atoms with van der Waals surface area (Å²) in [7, 11) is 1.52. The van der Waals surface area contributed by atoms with E-state index in [1.54, 1.807) is 24.3 Å². The van der Waals surface area contributed by atoms with Gasteiger partial charge in [-0.3, -0.25) is 9.59 Å². The highest BCUT2D eigenvalue weighted by molar-refractivity contribution is 6.12. The van der Waals surface area contributed by atoms with Gasteiger partial charge in [-0.2, -0.15) is 0 Å². The second kappa shape index (κ2) is 6.48. The molecule has 0 radical (unpaired) electrons. The van der Waals surface area contributed by atoms with Crippen LogP contribution in [-0.4, -0.2) is 25.5 Å². The van der Waals surface area contributed by atoms with Crippen LogP contribution in [0.1, 0.15) is 36.0 Å². The molecule has 0 aliphatic heterocycles. The molecule has 1 aromatic carbocycles. The zero-order valence-electron chi connectivity index (χ0n) is 11.1. The number of Topliss-reactive ketones (excluding diaryl/α,β-unsaturated/α-hetero) is 2. The summed E-state index contributed by atoms with van der Waals surface area (Å²) >= 11 is 0. The van der Waals surface area contributed by atoms with E-state index >= 15 is 0 Å². The molecule has 1 unspecified atom stereocenters. The second-order valence-corrected chi connectivity index (χ2v) is 4.68. The molecule has 0 heterocycles. The van der Waals surface area contributed by atoms with Crippen LogP contribution in [0.5, 0.6) is 5.75 Å². The van der Waals surface area contributed by atoms with Crippen molar-refractivity contribution in [2.45, 2.75) is 25.7 Å². The molecule has 0 N–H and O–H groups in total. The topological polar surface area (TPSA) is 52.6 Å². The summed E-state index contributed by atoms with van der Waals surface area (Å²) in [5, 5.41) is 0. The molecule has 1 fully saturated rings. The van der Waals surface area contributed by atoms with E-state index in [9.17, 15) is 9.59 Å². The monoisotopic (exact) mass is 262 g/mol. The van der Waals surface area contributed by atoms with Crippen molar-refractivity contribution in [3.63, 3.8) is 0 Å². The van der Waals surface area contributed by atoms with Gasteiger partial charge in [0.1, 0.15) is 11.5 Å². The number of carbonyl (C=O) groups excluding carboxylic acids is 2. The SMILES string of the molecule is COCOc1ccccc1C(=O)C1CCCCC1=O. The van der Waals surface area contributed by atoms with Crippen LogP contribution in [0.15, 0.2) is 24.3 Å². The number of ketones is 2. The van der Waals surface area contributed by atoms with Crippen LogP contribution < -0.4 is 4.74 Å². The molecule has 4 nitrogen and oxygen atoms in total. The lowest BCUT2D eigenvalue weighted by Gasteiger charge is -2.20. The minimum atomic E-state index is -0.499. The van der Waals surface area contributed by atoms with Gasteiger partial charge < -0.3 is 9.47 Å². The lowest BCUT2D eigenvalue weighted by Crippen LogP contribution is -2.27. The fourth-order valence-corrected chi connectivity index (χ4v) is 2.37. The highest BCUT2D eigenvalue weighted by atomic mass is 16.7. The Morgan fingerprint density at radius 1 is 1.32 bits per heavy atom. The van der Waals surface area contributed by atoms with Crippen molar-refractivity contribution in [2.24, 2.45) is 5.92 Å². The van der Waals surface area contributed by atoms with Crippen molar-refractivity contribution < 1.29 is 19.1 Å². The van der Waals surface area contributed by atoms with Crippen molar-refractivity contribution in [2.75, 3.05) is 13.9 Å². The van der Waals surface area contributed by atoms with E-state index in [4.69, 9.17) is 9.47 Å². The van der Waals surface area contributed by atoms with Gasteiger partial charge in [0, 0.05) is 13.5 Å². The molecule has 4 heteroatoms. The lowest BCUT2D eigenvalue weighted by atomic mass is 9.82. The number of hydrogen-bond acceptors (Lipinski definition) is 4. The van der Waals surface area contributed by atoms with Crippen LogP contribution in [0, 0.1) is 5.92 Å². The first kappa shape index (κ1) is 13.7. The van der Waals surface area contributed by atoms with Crippen molar-refractivity contribution >= 4 is 11.6 Å². The van der Waals surface area contributed by atoms with Crippen molar-refractivity contribution in [1.29, 1.82) is 0 Å². The second-order valence-electron chi connectivity index (χ2n) is 4.68. The average molecular weight is 262 g/mol. The molecule has 1 saturated carbocycles. The first-order valence-corrected chi connectivity index (χ1v) is 6.51. The maximum absolute atomic E-state index is 12.5. The quantitative estimate of drug-likeness (QED) is 0.465. The van der Waals surface area contributed by atoms with Crippen molar-refractivity contribution in [3.8, 4) is 5.75 Å². The predicted octanol–water partition coefficient (Wildman–Crippen LogP) is 2.61. The van der Waals surface area contributed by atoms with E-state index in [0.717, 1.165) is 12.8 Å². The van der Waals surface area contributed by atoms with Gasteiger partial charge >= 0.3 is 0 Å². The molecular formula is C15H18O4. The molecular weight excluding hydrogens is 244 g/mol. The first-order chi connectivity index (χ1) is 9.24. The molecule has 2 rings (SSSR count). The lowest BCUT2D eigenvalue weighted by molar-refractivity contribution is -0.122. The molecule has 0 aromatic heterocycles. The summed E-state index contributed by atoms with van der Waals surface area (Å²) in [6.45, 7) is 0.0862. The van der Waals surface area contributed by atoms with Gasteiger partial charge in [-0.25, -0.2) is 0 Å². The molecule has 0 amide bonds. The summed E-state index contributed by atoms with van der Waals surface area (Å²) in [6, 6.07) is 7.00. The normalized spacial score (nSPS) is 19.2. The van der Waals surface area contributed by atoms with Crippen molar-refractivity contribution in [1.82, 2.24) is 0 Å². The van der Waals surface area contributed by atoms with Gasteiger partial charge in [0.25, 0.3) is 0 Å². The standard InChI is InChI=1S/C15H18O4/c1-18-10-19-14-9-5-3-7-12(14)15(17)11-6-2-4-8-13(11)16/h3,5,7,9,11H,2,4,6,8,10H2,1H3. The molecule has 1 aliphatic carbocycles. The Morgan fingerprint density at radius 2 is 2.11 bits per heavy atom. The average Bonchev–Trinajstić information content (AvgIpc) is 2.45. The minimum absolute atomic E-state index is 0.0535. The summed E-state index contributed by atoms with van der Waals surface area (Å²) in [5.41, 5.74) is 0.472. The van der Waals surface area contributed by atoms with Crippen molar-refractivity contribution in [3.05, 3.63) is 29.8 Å². The minimum Gasteiger partial charge on any atom is -0.467 e. The highest BCUT2D eigenvalue weighted by Crippen LogP contribution is 2.28. The number of para-hydroxylation sites is 1. The fraction of sp³-hybridized carbons (Fsp3) is 0.467. The number of rotatable bonds is 5. The van der Waals surface area contributed by atoms with Crippen LogP contribution >= 0.6 is 0 Å². The molecule has 19 heavy (non-hydrogen) atoms. The Balaban J connectivity index is 2.20. The van der Waals surface area contributed by atoms with Gasteiger partial charge in [-0.05, 0) is 25.0 Å². The third-order valence-electron chi connectivity index (χ3n) is 3.36. The highest BCUT2D eigenvalue weighted by Gasteiger charge is 2.30. The van der Waals surface area contributed by atoms with Gasteiger partial charge in [-0.15, -0.1) is 0 Å². The van der Waals surface area contributed by atoms with E-state index in [-0.39, 0.29) is 18.4 Å².